The van der Waals surface area contributed by atoms with Gasteiger partial charge in [0.05, 0.1) is 13.0 Å². The van der Waals surface area contributed by atoms with Gasteiger partial charge in [-0.1, -0.05) is 22.9 Å². The minimum Gasteiger partial charge on any atom is -0.497 e. The SMILES string of the molecule is COc1ccc(NC(=O)C[C@H]2C(=O)N(c3ccc(Br)cc3)C[C@@H]2C)cc1. The van der Waals surface area contributed by atoms with Gasteiger partial charge < -0.3 is 15.0 Å². The fourth-order valence-electron chi connectivity index (χ4n) is 3.18. The van der Waals surface area contributed by atoms with E-state index >= 15 is 0 Å². The van der Waals surface area contributed by atoms with Gasteiger partial charge in [-0.3, -0.25) is 9.59 Å². The first-order valence-electron chi connectivity index (χ1n) is 8.49. The predicted octanol–water partition coefficient (Wildman–Crippen LogP) is 4.09. The van der Waals surface area contributed by atoms with Crippen LogP contribution in [0, 0.1) is 11.8 Å². The van der Waals surface area contributed by atoms with E-state index in [1.54, 1.807) is 36.3 Å². The number of hydrogen-bond acceptors (Lipinski definition) is 3. The first kappa shape index (κ1) is 18.5. The molecule has 0 radical (unpaired) electrons. The molecule has 6 heteroatoms. The molecule has 136 valence electrons. The Balaban J connectivity index is 1.64. The number of halogens is 1. The Morgan fingerprint density at radius 1 is 1.19 bits per heavy atom. The summed E-state index contributed by atoms with van der Waals surface area (Å²) in [5, 5.41) is 2.85. The van der Waals surface area contributed by atoms with Gasteiger partial charge in [-0.15, -0.1) is 0 Å². The second kappa shape index (κ2) is 7.91. The Morgan fingerprint density at radius 3 is 2.46 bits per heavy atom. The summed E-state index contributed by atoms with van der Waals surface area (Å²) in [6.07, 6.45) is 0.180. The molecule has 2 atom stereocenters. The Labute approximate surface area is 161 Å². The van der Waals surface area contributed by atoms with Crippen molar-refractivity contribution in [2.45, 2.75) is 13.3 Å². The average molecular weight is 417 g/mol. The second-order valence-corrected chi connectivity index (χ2v) is 7.41. The van der Waals surface area contributed by atoms with E-state index in [0.29, 0.717) is 12.2 Å². The summed E-state index contributed by atoms with van der Waals surface area (Å²) in [6, 6.07) is 14.8. The molecule has 0 saturated carbocycles. The third-order valence-electron chi connectivity index (χ3n) is 4.66. The Kier molecular flexibility index (Phi) is 5.61. The molecule has 0 aromatic heterocycles. The number of anilines is 2. The quantitative estimate of drug-likeness (QED) is 0.798. The van der Waals surface area contributed by atoms with Gasteiger partial charge in [0, 0.05) is 28.8 Å². The van der Waals surface area contributed by atoms with Crippen molar-refractivity contribution in [3.8, 4) is 5.75 Å². The normalized spacial score (nSPS) is 19.5. The summed E-state index contributed by atoms with van der Waals surface area (Å²) in [6.45, 7) is 2.64. The van der Waals surface area contributed by atoms with Crippen LogP contribution >= 0.6 is 15.9 Å². The molecule has 0 aliphatic carbocycles. The maximum Gasteiger partial charge on any atom is 0.230 e. The van der Waals surface area contributed by atoms with Crippen LogP contribution in [-0.2, 0) is 9.59 Å². The van der Waals surface area contributed by atoms with Gasteiger partial charge >= 0.3 is 0 Å². The zero-order valence-electron chi connectivity index (χ0n) is 14.7. The van der Waals surface area contributed by atoms with Crippen molar-refractivity contribution in [3.05, 3.63) is 53.0 Å². The molecule has 1 N–H and O–H groups in total. The minimum atomic E-state index is -0.308. The highest BCUT2D eigenvalue weighted by Crippen LogP contribution is 2.32. The van der Waals surface area contributed by atoms with Gasteiger partial charge in [0.15, 0.2) is 0 Å². The number of carbonyl (C=O) groups excluding carboxylic acids is 2. The second-order valence-electron chi connectivity index (χ2n) is 6.49. The largest absolute Gasteiger partial charge is 0.497 e. The van der Waals surface area contributed by atoms with E-state index < -0.39 is 0 Å². The molecule has 1 aliphatic heterocycles. The lowest BCUT2D eigenvalue weighted by Gasteiger charge is -2.17. The molecular formula is C20H21BrN2O3. The Hall–Kier alpha value is -2.34. The van der Waals surface area contributed by atoms with Crippen molar-refractivity contribution in [2.24, 2.45) is 11.8 Å². The van der Waals surface area contributed by atoms with Crippen molar-refractivity contribution in [1.82, 2.24) is 0 Å². The molecule has 3 rings (SSSR count). The summed E-state index contributed by atoms with van der Waals surface area (Å²) in [5.74, 6) is 0.389. The standard InChI is InChI=1S/C20H21BrN2O3/c1-13-12-23(16-7-3-14(21)4-8-16)20(25)18(13)11-19(24)22-15-5-9-17(26-2)10-6-15/h3-10,13,18H,11-12H2,1-2H3,(H,22,24)/t13-,18+/m0/s1. The van der Waals surface area contributed by atoms with Crippen molar-refractivity contribution >= 4 is 39.1 Å². The van der Waals surface area contributed by atoms with Crippen LogP contribution in [0.1, 0.15) is 13.3 Å². The van der Waals surface area contributed by atoms with Gasteiger partial charge in [0.25, 0.3) is 0 Å². The van der Waals surface area contributed by atoms with E-state index in [0.717, 1.165) is 15.9 Å². The number of rotatable bonds is 5. The molecule has 0 unspecified atom stereocenters. The van der Waals surface area contributed by atoms with E-state index in [1.165, 1.54) is 0 Å². The Bertz CT molecular complexity index is 790. The van der Waals surface area contributed by atoms with E-state index in [4.69, 9.17) is 4.74 Å². The van der Waals surface area contributed by atoms with Crippen molar-refractivity contribution < 1.29 is 14.3 Å². The monoisotopic (exact) mass is 416 g/mol. The maximum atomic E-state index is 12.8. The summed E-state index contributed by atoms with van der Waals surface area (Å²) in [5.41, 5.74) is 1.56. The molecule has 2 aromatic rings. The van der Waals surface area contributed by atoms with E-state index in [9.17, 15) is 9.59 Å². The number of amides is 2. The van der Waals surface area contributed by atoms with Gasteiger partial charge in [0.2, 0.25) is 11.8 Å². The number of carbonyl (C=O) groups is 2. The molecule has 0 bridgehead atoms. The predicted molar refractivity (Wildman–Crippen MR) is 105 cm³/mol. The lowest BCUT2D eigenvalue weighted by Crippen LogP contribution is -2.29. The number of hydrogen-bond donors (Lipinski definition) is 1. The van der Waals surface area contributed by atoms with E-state index in [1.807, 2.05) is 31.2 Å². The summed E-state index contributed by atoms with van der Waals surface area (Å²) in [4.78, 5) is 26.9. The fraction of sp³-hybridized carbons (Fsp3) is 0.300. The third-order valence-corrected chi connectivity index (χ3v) is 5.19. The van der Waals surface area contributed by atoms with Crippen molar-refractivity contribution in [2.75, 3.05) is 23.9 Å². The lowest BCUT2D eigenvalue weighted by molar-refractivity contribution is -0.125. The van der Waals surface area contributed by atoms with Crippen LogP contribution in [0.4, 0.5) is 11.4 Å². The summed E-state index contributed by atoms with van der Waals surface area (Å²) < 4.78 is 6.07. The highest BCUT2D eigenvalue weighted by atomic mass is 79.9. The van der Waals surface area contributed by atoms with Crippen LogP contribution in [0.15, 0.2) is 53.0 Å². The van der Waals surface area contributed by atoms with Crippen LogP contribution in [0.3, 0.4) is 0 Å². The van der Waals surface area contributed by atoms with E-state index in [-0.39, 0.29) is 30.1 Å². The van der Waals surface area contributed by atoms with Gasteiger partial charge in [0.1, 0.15) is 5.75 Å². The van der Waals surface area contributed by atoms with Crippen LogP contribution < -0.4 is 15.0 Å². The Morgan fingerprint density at radius 2 is 1.85 bits per heavy atom. The fourth-order valence-corrected chi connectivity index (χ4v) is 3.44. The molecule has 2 aromatic carbocycles. The average Bonchev–Trinajstić information content (AvgIpc) is 2.91. The van der Waals surface area contributed by atoms with Crippen LogP contribution in [-0.4, -0.2) is 25.5 Å². The van der Waals surface area contributed by atoms with Crippen LogP contribution in [0.2, 0.25) is 0 Å². The number of methoxy groups -OCH3 is 1. The van der Waals surface area contributed by atoms with Gasteiger partial charge in [-0.2, -0.15) is 0 Å². The number of ether oxygens (including phenoxy) is 1. The van der Waals surface area contributed by atoms with E-state index in [2.05, 4.69) is 21.2 Å². The first-order chi connectivity index (χ1) is 12.5. The topological polar surface area (TPSA) is 58.6 Å². The number of nitrogens with zero attached hydrogens (tertiary/aromatic N) is 1. The minimum absolute atomic E-state index is 0.00435. The summed E-state index contributed by atoms with van der Waals surface area (Å²) >= 11 is 3.40. The zero-order chi connectivity index (χ0) is 18.7. The molecule has 1 saturated heterocycles. The zero-order valence-corrected chi connectivity index (χ0v) is 16.3. The third kappa shape index (κ3) is 4.07. The highest BCUT2D eigenvalue weighted by molar-refractivity contribution is 9.10. The van der Waals surface area contributed by atoms with Crippen LogP contribution in [0.25, 0.3) is 0 Å². The number of nitrogens with one attached hydrogen (secondary N) is 1. The number of benzene rings is 2. The first-order valence-corrected chi connectivity index (χ1v) is 9.28. The molecular weight excluding hydrogens is 396 g/mol. The molecule has 1 aliphatic rings. The van der Waals surface area contributed by atoms with Crippen molar-refractivity contribution in [3.63, 3.8) is 0 Å². The summed E-state index contributed by atoms with van der Waals surface area (Å²) in [7, 11) is 1.60. The van der Waals surface area contributed by atoms with Gasteiger partial charge in [-0.25, -0.2) is 0 Å². The molecule has 1 fully saturated rings. The molecule has 26 heavy (non-hydrogen) atoms. The molecule has 1 heterocycles. The molecule has 0 spiro atoms. The van der Waals surface area contributed by atoms with Gasteiger partial charge in [-0.05, 0) is 54.4 Å². The highest BCUT2D eigenvalue weighted by Gasteiger charge is 2.39. The van der Waals surface area contributed by atoms with Crippen molar-refractivity contribution in [1.29, 1.82) is 0 Å². The van der Waals surface area contributed by atoms with Crippen LogP contribution in [0.5, 0.6) is 5.75 Å². The molecule has 5 nitrogen and oxygen atoms in total. The smallest absolute Gasteiger partial charge is 0.230 e. The maximum absolute atomic E-state index is 12.8. The molecule has 2 amide bonds. The lowest BCUT2D eigenvalue weighted by atomic mass is 9.94.